The van der Waals surface area contributed by atoms with E-state index in [0.717, 1.165) is 24.8 Å². The smallest absolute Gasteiger partial charge is 0.0961 e. The van der Waals surface area contributed by atoms with Gasteiger partial charge >= 0.3 is 0 Å². The fourth-order valence-electron chi connectivity index (χ4n) is 2.42. The van der Waals surface area contributed by atoms with Crippen LogP contribution in [-0.4, -0.2) is 11.5 Å². The molecule has 1 heterocycles. The second-order valence-corrected chi connectivity index (χ2v) is 5.83. The monoisotopic (exact) mass is 224 g/mol. The normalized spacial score (nSPS) is 26.1. The van der Waals surface area contributed by atoms with Gasteiger partial charge in [0, 0.05) is 10.8 Å². The quantitative estimate of drug-likeness (QED) is 0.857. The summed E-state index contributed by atoms with van der Waals surface area (Å²) in [6.07, 6.45) is 5.02. The molecule has 1 aliphatic carbocycles. The van der Waals surface area contributed by atoms with Crippen molar-refractivity contribution in [2.45, 2.75) is 45.4 Å². The third-order valence-corrected chi connectivity index (χ3v) is 4.70. The van der Waals surface area contributed by atoms with Gasteiger partial charge in [0.25, 0.3) is 0 Å². The zero-order valence-electron chi connectivity index (χ0n) is 9.62. The Labute approximate surface area is 95.9 Å². The van der Waals surface area contributed by atoms with Crippen molar-refractivity contribution in [2.24, 2.45) is 11.7 Å². The number of rotatable bonds is 3. The Morgan fingerprint density at radius 2 is 2.27 bits per heavy atom. The molecular weight excluding hydrogens is 204 g/mol. The molecule has 2 rings (SSSR count). The Morgan fingerprint density at radius 3 is 2.87 bits per heavy atom. The van der Waals surface area contributed by atoms with Gasteiger partial charge in [-0.1, -0.05) is 13.3 Å². The van der Waals surface area contributed by atoms with Crippen LogP contribution in [0.5, 0.6) is 0 Å². The number of hydrogen-bond donors (Lipinski definition) is 1. The summed E-state index contributed by atoms with van der Waals surface area (Å²) in [7, 11) is 0. The van der Waals surface area contributed by atoms with Gasteiger partial charge in [-0.05, 0) is 38.6 Å². The van der Waals surface area contributed by atoms with Gasteiger partial charge in [-0.15, -0.1) is 11.3 Å². The third kappa shape index (κ3) is 2.40. The Kier molecular flexibility index (Phi) is 3.42. The highest BCUT2D eigenvalue weighted by Gasteiger charge is 2.25. The average Bonchev–Trinajstić information content (AvgIpc) is 2.75. The first-order valence-electron chi connectivity index (χ1n) is 5.87. The predicted octanol–water partition coefficient (Wildman–Crippen LogP) is 2.86. The van der Waals surface area contributed by atoms with Crippen LogP contribution in [0.4, 0.5) is 0 Å². The van der Waals surface area contributed by atoms with Crippen LogP contribution >= 0.6 is 11.3 Å². The molecule has 0 aliphatic heterocycles. The van der Waals surface area contributed by atoms with Gasteiger partial charge in [-0.25, -0.2) is 4.98 Å². The average molecular weight is 224 g/mol. The van der Waals surface area contributed by atoms with Crippen LogP contribution in [-0.2, 0) is 6.42 Å². The van der Waals surface area contributed by atoms with E-state index in [1.54, 1.807) is 0 Å². The van der Waals surface area contributed by atoms with E-state index < -0.39 is 0 Å². The molecular formula is C12H20N2S. The van der Waals surface area contributed by atoms with Crippen molar-refractivity contribution in [2.75, 3.05) is 6.54 Å². The molecule has 1 aromatic heterocycles. The molecule has 0 saturated heterocycles. The molecule has 1 aromatic rings. The summed E-state index contributed by atoms with van der Waals surface area (Å²) in [5.41, 5.74) is 6.80. The lowest BCUT2D eigenvalue weighted by atomic mass is 10.1. The van der Waals surface area contributed by atoms with Crippen LogP contribution in [0.1, 0.15) is 47.7 Å². The van der Waals surface area contributed by atoms with Gasteiger partial charge in [0.15, 0.2) is 0 Å². The van der Waals surface area contributed by atoms with E-state index >= 15 is 0 Å². The van der Waals surface area contributed by atoms with Crippen LogP contribution in [0.2, 0.25) is 0 Å². The van der Waals surface area contributed by atoms with Crippen molar-refractivity contribution in [1.29, 1.82) is 0 Å². The number of thiazole rings is 1. The molecule has 84 valence electrons. The maximum absolute atomic E-state index is 5.59. The molecule has 2 atom stereocenters. The summed E-state index contributed by atoms with van der Waals surface area (Å²) < 4.78 is 0. The van der Waals surface area contributed by atoms with Gasteiger partial charge in [0.2, 0.25) is 0 Å². The van der Waals surface area contributed by atoms with Gasteiger partial charge < -0.3 is 5.73 Å². The molecule has 0 amide bonds. The molecule has 2 nitrogen and oxygen atoms in total. The van der Waals surface area contributed by atoms with Crippen molar-refractivity contribution in [3.05, 3.63) is 15.6 Å². The lowest BCUT2D eigenvalue weighted by Gasteiger charge is -2.03. The van der Waals surface area contributed by atoms with Crippen molar-refractivity contribution in [3.63, 3.8) is 0 Å². The highest BCUT2D eigenvalue weighted by Crippen LogP contribution is 2.40. The summed E-state index contributed by atoms with van der Waals surface area (Å²) in [6, 6.07) is 0. The molecule has 2 N–H and O–H groups in total. The predicted molar refractivity (Wildman–Crippen MR) is 65.4 cm³/mol. The molecule has 1 saturated carbocycles. The standard InChI is InChI=1S/C12H20N2S/c1-8-3-4-10(7-8)12-14-9(2)11(15-12)5-6-13/h8,10H,3-7,13H2,1-2H3. The van der Waals surface area contributed by atoms with E-state index in [-0.39, 0.29) is 0 Å². The van der Waals surface area contributed by atoms with E-state index in [0.29, 0.717) is 0 Å². The van der Waals surface area contributed by atoms with E-state index in [1.807, 2.05) is 11.3 Å². The minimum atomic E-state index is 0.732. The van der Waals surface area contributed by atoms with Crippen molar-refractivity contribution >= 4 is 11.3 Å². The summed E-state index contributed by atoms with van der Waals surface area (Å²) in [5, 5.41) is 1.36. The van der Waals surface area contributed by atoms with Crippen molar-refractivity contribution in [3.8, 4) is 0 Å². The maximum atomic E-state index is 5.59. The van der Waals surface area contributed by atoms with Crippen LogP contribution in [0.3, 0.4) is 0 Å². The highest BCUT2D eigenvalue weighted by molar-refractivity contribution is 7.11. The Morgan fingerprint density at radius 1 is 1.47 bits per heavy atom. The number of aromatic nitrogens is 1. The molecule has 0 aromatic carbocycles. The first-order chi connectivity index (χ1) is 7.20. The first-order valence-corrected chi connectivity index (χ1v) is 6.68. The van der Waals surface area contributed by atoms with Crippen LogP contribution in [0.25, 0.3) is 0 Å². The third-order valence-electron chi connectivity index (χ3n) is 3.32. The molecule has 1 aliphatic rings. The van der Waals surface area contributed by atoms with E-state index in [1.165, 1.54) is 34.8 Å². The summed E-state index contributed by atoms with van der Waals surface area (Å²) in [6.45, 7) is 5.20. The minimum Gasteiger partial charge on any atom is -0.330 e. The second kappa shape index (κ2) is 4.62. The van der Waals surface area contributed by atoms with Crippen LogP contribution in [0, 0.1) is 12.8 Å². The zero-order chi connectivity index (χ0) is 10.8. The van der Waals surface area contributed by atoms with E-state index in [4.69, 9.17) is 10.7 Å². The fourth-order valence-corrected chi connectivity index (χ4v) is 3.65. The lowest BCUT2D eigenvalue weighted by Crippen LogP contribution is -2.01. The second-order valence-electron chi connectivity index (χ2n) is 4.71. The molecule has 0 bridgehead atoms. The minimum absolute atomic E-state index is 0.732. The zero-order valence-corrected chi connectivity index (χ0v) is 10.4. The largest absolute Gasteiger partial charge is 0.330 e. The highest BCUT2D eigenvalue weighted by atomic mass is 32.1. The first kappa shape index (κ1) is 11.1. The van der Waals surface area contributed by atoms with Crippen molar-refractivity contribution < 1.29 is 0 Å². The van der Waals surface area contributed by atoms with E-state index in [2.05, 4.69) is 13.8 Å². The number of nitrogens with zero attached hydrogens (tertiary/aromatic N) is 1. The fraction of sp³-hybridized carbons (Fsp3) is 0.750. The van der Waals surface area contributed by atoms with Gasteiger partial charge in [-0.2, -0.15) is 0 Å². The van der Waals surface area contributed by atoms with Gasteiger partial charge in [0.05, 0.1) is 10.7 Å². The number of nitrogens with two attached hydrogens (primary N) is 1. The molecule has 1 fully saturated rings. The van der Waals surface area contributed by atoms with Crippen molar-refractivity contribution in [1.82, 2.24) is 4.98 Å². The lowest BCUT2D eigenvalue weighted by molar-refractivity contribution is 0.595. The molecule has 2 unspecified atom stereocenters. The van der Waals surface area contributed by atoms with Crippen LogP contribution in [0.15, 0.2) is 0 Å². The van der Waals surface area contributed by atoms with E-state index in [9.17, 15) is 0 Å². The number of aryl methyl sites for hydroxylation is 1. The maximum Gasteiger partial charge on any atom is 0.0961 e. The Balaban J connectivity index is 2.12. The summed E-state index contributed by atoms with van der Waals surface area (Å²) in [5.74, 6) is 1.62. The van der Waals surface area contributed by atoms with Gasteiger partial charge in [0.1, 0.15) is 0 Å². The molecule has 3 heteroatoms. The summed E-state index contributed by atoms with van der Waals surface area (Å²) in [4.78, 5) is 6.10. The molecule has 0 radical (unpaired) electrons. The Hall–Kier alpha value is -0.410. The number of hydrogen-bond acceptors (Lipinski definition) is 3. The topological polar surface area (TPSA) is 38.9 Å². The molecule has 0 spiro atoms. The SMILES string of the molecule is Cc1nc(C2CCC(C)C2)sc1CCN. The Bertz CT molecular complexity index is 332. The summed E-state index contributed by atoms with van der Waals surface area (Å²) >= 11 is 1.89. The molecule has 15 heavy (non-hydrogen) atoms. The van der Waals surface area contributed by atoms with Crippen LogP contribution < -0.4 is 5.73 Å². The van der Waals surface area contributed by atoms with Gasteiger partial charge in [-0.3, -0.25) is 0 Å².